The minimum absolute atomic E-state index is 0.0231. The van der Waals surface area contributed by atoms with Gasteiger partial charge in [-0.25, -0.2) is 0 Å². The first kappa shape index (κ1) is 96.4. The number of hydrogen-bond acceptors (Lipinski definition) is 13. The van der Waals surface area contributed by atoms with E-state index in [1.807, 2.05) is 122 Å². The van der Waals surface area contributed by atoms with Gasteiger partial charge in [0.25, 0.3) is 0 Å². The molecule has 4 aromatic rings. The Labute approximate surface area is 631 Å². The van der Waals surface area contributed by atoms with Gasteiger partial charge in [0.1, 0.15) is 23.4 Å². The molecule has 0 fully saturated rings. The van der Waals surface area contributed by atoms with Gasteiger partial charge >= 0.3 is 5.97 Å². The van der Waals surface area contributed by atoms with E-state index in [0.29, 0.717) is 37.0 Å². The zero-order valence-corrected chi connectivity index (χ0v) is 66.8. The van der Waals surface area contributed by atoms with Crippen molar-refractivity contribution in [3.63, 3.8) is 0 Å². The van der Waals surface area contributed by atoms with Crippen LogP contribution in [0.4, 0.5) is 0 Å². The van der Waals surface area contributed by atoms with E-state index < -0.39 is 34.9 Å². The fourth-order valence-corrected chi connectivity index (χ4v) is 9.62. The second-order valence-electron chi connectivity index (χ2n) is 31.1. The maximum atomic E-state index is 12.1. The van der Waals surface area contributed by atoms with Crippen molar-refractivity contribution in [2.45, 2.75) is 257 Å². The number of phenols is 5. The van der Waals surface area contributed by atoms with Gasteiger partial charge in [-0.3, -0.25) is 29.3 Å². The number of ketones is 4. The van der Waals surface area contributed by atoms with Crippen molar-refractivity contribution in [2.24, 2.45) is 33.1 Å². The van der Waals surface area contributed by atoms with Crippen LogP contribution in [-0.2, 0) is 43.2 Å². The smallest absolute Gasteiger partial charge is 0.321 e. The Morgan fingerprint density at radius 1 is 0.429 bits per heavy atom. The maximum Gasteiger partial charge on any atom is 0.321 e. The van der Waals surface area contributed by atoms with Crippen molar-refractivity contribution < 1.29 is 54.6 Å². The molecule has 0 saturated carbocycles. The summed E-state index contributed by atoms with van der Waals surface area (Å²) in [5.41, 5.74) is 13.4. The summed E-state index contributed by atoms with van der Waals surface area (Å²) in [5, 5.41) is 59.7. The number of carboxylic acid groups (broad SMARTS) is 1. The lowest BCUT2D eigenvalue weighted by Gasteiger charge is -2.26. The monoisotopic (exact) mass is 1450 g/mol. The number of rotatable bonds is 36. The van der Waals surface area contributed by atoms with Crippen molar-refractivity contribution in [3.05, 3.63) is 211 Å². The molecule has 15 heteroatoms. The molecule has 15 nitrogen and oxygen atoms in total. The molecule has 0 unspecified atom stereocenters. The number of unbranched alkanes of at least 4 members (excludes halogenated alkanes) is 1. The number of hydrogen-bond donors (Lipinski definition) is 10. The number of fused-ring (bicyclic) bond motifs is 1. The minimum Gasteiger partial charge on any atom is -0.508 e. The predicted octanol–water partition coefficient (Wildman–Crippen LogP) is 20.6. The number of nitrogens with one attached hydrogen (secondary N) is 2. The molecule has 0 bridgehead atoms. The molecule has 0 spiro atoms. The van der Waals surface area contributed by atoms with Gasteiger partial charge < -0.3 is 47.1 Å². The highest BCUT2D eigenvalue weighted by atomic mass is 16.4. The van der Waals surface area contributed by atoms with E-state index in [4.69, 9.17) is 21.7 Å². The van der Waals surface area contributed by atoms with Crippen molar-refractivity contribution in [3.8, 4) is 28.7 Å². The number of aromatic nitrogens is 1. The number of H-pyrrole nitrogens is 1. The summed E-state index contributed by atoms with van der Waals surface area (Å²) in [5.74, 6) is -0.893. The van der Waals surface area contributed by atoms with Gasteiger partial charge in [-0.05, 0) is 183 Å². The molecule has 3 aromatic carbocycles. The number of carboxylic acids is 1. The molecule has 105 heavy (non-hydrogen) atoms. The molecule has 3 atom stereocenters. The highest BCUT2D eigenvalue weighted by molar-refractivity contribution is 5.91. The average Bonchev–Trinajstić information content (AvgIpc) is 1.67. The number of carbonyl (C=O) groups is 5. The van der Waals surface area contributed by atoms with Gasteiger partial charge in [0, 0.05) is 57.1 Å². The molecule has 0 radical (unpaired) electrons. The van der Waals surface area contributed by atoms with Crippen LogP contribution in [-0.4, -0.2) is 88.4 Å². The zero-order chi connectivity index (χ0) is 79.7. The number of phenolic OH excluding ortho intramolecular Hbond substituents is 5. The molecule has 0 aliphatic rings. The fraction of sp³-hybridized carbons (Fsp3) is 0.478. The van der Waals surface area contributed by atoms with Gasteiger partial charge in [0.05, 0.1) is 12.1 Å². The number of carbonyl (C=O) groups excluding carboxylic acids is 4. The molecular weight excluding hydrogens is 1310 g/mol. The Kier molecular flexibility index (Phi) is 48.1. The van der Waals surface area contributed by atoms with Gasteiger partial charge in [-0.15, -0.1) is 0 Å². The van der Waals surface area contributed by atoms with Crippen LogP contribution in [0, 0.1) is 21.7 Å². The summed E-state index contributed by atoms with van der Waals surface area (Å²) in [6, 6.07) is 12.0. The van der Waals surface area contributed by atoms with E-state index in [1.165, 1.54) is 24.3 Å². The molecule has 0 aliphatic heterocycles. The first-order valence-corrected chi connectivity index (χ1v) is 37.3. The van der Waals surface area contributed by atoms with Crippen molar-refractivity contribution in [2.75, 3.05) is 0 Å². The zero-order valence-electron chi connectivity index (χ0n) is 66.8. The summed E-state index contributed by atoms with van der Waals surface area (Å²) in [4.78, 5) is 61.8. The van der Waals surface area contributed by atoms with Crippen LogP contribution in [0.1, 0.15) is 231 Å². The fourth-order valence-electron chi connectivity index (χ4n) is 9.62. The van der Waals surface area contributed by atoms with E-state index in [9.17, 15) is 44.4 Å². The second-order valence-corrected chi connectivity index (χ2v) is 31.1. The lowest BCUT2D eigenvalue weighted by Crippen LogP contribution is -2.48. The Balaban J connectivity index is 0.00000130. The molecule has 12 N–H and O–H groups in total. The number of aliphatic carboxylic acids is 1. The molecule has 580 valence electrons. The molecule has 1 aromatic heterocycles. The number of benzene rings is 3. The third-order valence-electron chi connectivity index (χ3n) is 15.7. The van der Waals surface area contributed by atoms with Crippen LogP contribution < -0.4 is 16.8 Å². The number of allylic oxidation sites excluding steroid dienone is 22. The van der Waals surface area contributed by atoms with E-state index in [2.05, 4.69) is 152 Å². The predicted molar refractivity (Wildman–Crippen MR) is 440 cm³/mol. The first-order chi connectivity index (χ1) is 49.2. The van der Waals surface area contributed by atoms with Crippen LogP contribution in [0.3, 0.4) is 0 Å². The van der Waals surface area contributed by atoms with Gasteiger partial charge in [-0.1, -0.05) is 243 Å². The van der Waals surface area contributed by atoms with E-state index in [-0.39, 0.29) is 68.9 Å². The maximum absolute atomic E-state index is 12.1. The molecule has 0 amide bonds. The molecular formula is C90H134N4O11. The summed E-state index contributed by atoms with van der Waals surface area (Å²) in [6.45, 7) is 32.9. The molecule has 0 aliphatic carbocycles. The van der Waals surface area contributed by atoms with Crippen LogP contribution in [0.25, 0.3) is 10.9 Å². The van der Waals surface area contributed by atoms with E-state index in [0.717, 1.165) is 106 Å². The Hall–Kier alpha value is -8.63. The lowest BCUT2D eigenvalue weighted by molar-refractivity contribution is -0.140. The van der Waals surface area contributed by atoms with Crippen LogP contribution in [0.5, 0.6) is 28.7 Å². The largest absolute Gasteiger partial charge is 0.508 e. The lowest BCUT2D eigenvalue weighted by atomic mass is 9.84. The number of Topliss-reactive ketones (excluding diaryl/α,β-unsaturated/α-hetero) is 4. The van der Waals surface area contributed by atoms with Crippen molar-refractivity contribution in [1.82, 2.24) is 10.3 Å². The molecule has 1 heterocycles. The molecule has 4 rings (SSSR count). The van der Waals surface area contributed by atoms with Gasteiger partial charge in [-0.2, -0.15) is 0 Å². The third-order valence-corrected chi connectivity index (χ3v) is 15.7. The Morgan fingerprint density at radius 3 is 1.14 bits per heavy atom. The Morgan fingerprint density at radius 2 is 0.790 bits per heavy atom. The molecule has 0 saturated heterocycles. The standard InChI is InChI=1S/C25H38O.C24H38O.C15H20N2O2.C13H19NO4.C13H19NO3/c1-5-6-7-8-9-10-11-12-13-14-15-16-17-18-19-20-21-22-23-24(26)25(2,3)4;1-5-6-7-8-9-10-11-12-13-14-15-16-17-18-19-20-21-22-23(25)24(2,3)4;1-15(2,3)14(19)12(16)6-9-8-17-13-5-4-10(18)7-11(9)13;1-13(2,3)14-9(12(17)18)6-8-4-5-10(15)11(16)7-8;1-13(2,3)12(17)9(14)6-8-4-5-10(15)11(16)7-8/h6-7,9-10,12-13,15-16,18-19,21-22H,5,8,11,14,17,20,23H2,1-4H3;6-7,9-10,12-13,15-16,18-19H,5,8,11,14,17,20-22H2,1-4H3;4-5,7-8,12,17-18H,6,16H2,1-3H3;4-5,7,9,14-16H,6H2,1-3H3,(H,17,18);4-5,7,9,15-16H,6,14H2,1-3H3/b7-6-,10-9-,13-12-,16-15-,19-18-,22-21-;7-6-,10-9-,13-12-,16-15-,19-18-;;;/t;;12-;2*9-/m..000/s1. The van der Waals surface area contributed by atoms with E-state index >= 15 is 0 Å². The van der Waals surface area contributed by atoms with Crippen LogP contribution in [0.15, 0.2) is 194 Å². The quantitative estimate of drug-likeness (QED) is 0.0115. The van der Waals surface area contributed by atoms with Crippen LogP contribution in [0.2, 0.25) is 0 Å². The summed E-state index contributed by atoms with van der Waals surface area (Å²) < 4.78 is 0. The van der Waals surface area contributed by atoms with Gasteiger partial charge in [0.2, 0.25) is 0 Å². The normalized spacial score (nSPS) is 13.5. The average molecular weight is 1450 g/mol. The number of aromatic amines is 1. The first-order valence-electron chi connectivity index (χ1n) is 37.3. The summed E-state index contributed by atoms with van der Waals surface area (Å²) in [6.07, 6.45) is 65.3. The van der Waals surface area contributed by atoms with Crippen molar-refractivity contribution in [1.29, 1.82) is 0 Å². The van der Waals surface area contributed by atoms with E-state index in [1.54, 1.807) is 24.3 Å². The van der Waals surface area contributed by atoms with Crippen molar-refractivity contribution >= 4 is 40.0 Å². The third kappa shape index (κ3) is 48.2. The highest BCUT2D eigenvalue weighted by Crippen LogP contribution is 2.29. The second kappa shape index (κ2) is 52.4. The minimum atomic E-state index is -0.947. The SMILES string of the molecule is CC(C)(C)C(=O)[C@@H](N)Cc1c[nH]c2ccc(O)cc12.CC(C)(C)C(=O)[C@@H](N)Cc1ccc(O)c(O)c1.CC(C)(C)N[C@@H](Cc1ccc(O)c(O)c1)C(=O)O.CC/C=C\C/C=C\C/C=C\C/C=C\C/C=C\C/C=C\CC(=O)C(C)(C)C.CC/C=C\C/C=C\C/C=C\C/C=C\C/C=C\CCCC(=O)C(C)(C)C. The number of aromatic hydroxyl groups is 5. The van der Waals surface area contributed by atoms with Crippen LogP contribution >= 0.6 is 0 Å². The highest BCUT2D eigenvalue weighted by Gasteiger charge is 2.29. The van der Waals surface area contributed by atoms with Gasteiger partial charge in [0.15, 0.2) is 34.6 Å². The summed E-state index contributed by atoms with van der Waals surface area (Å²) >= 11 is 0. The topological polar surface area (TPSA) is 287 Å². The summed E-state index contributed by atoms with van der Waals surface area (Å²) in [7, 11) is 0. The Bertz CT molecular complexity index is 3530. The number of nitrogens with two attached hydrogens (primary N) is 2.